The van der Waals surface area contributed by atoms with Gasteiger partial charge in [-0.25, -0.2) is 8.78 Å². The van der Waals surface area contributed by atoms with Crippen LogP contribution in [0.2, 0.25) is 5.02 Å². The van der Waals surface area contributed by atoms with Gasteiger partial charge in [0.2, 0.25) is 0 Å². The first-order valence-corrected chi connectivity index (χ1v) is 4.84. The summed E-state index contributed by atoms with van der Waals surface area (Å²) in [5.41, 5.74) is 0.556. The number of rotatable bonds is 1. The molecule has 0 aromatic heterocycles. The van der Waals surface area contributed by atoms with E-state index in [0.717, 1.165) is 0 Å². The molecule has 0 aliphatic carbocycles. The van der Waals surface area contributed by atoms with Crippen molar-refractivity contribution in [1.29, 1.82) is 0 Å². The second-order valence-corrected chi connectivity index (χ2v) is 3.89. The smallest absolute Gasteiger partial charge is 0.268 e. The molecule has 1 aliphatic heterocycles. The fourth-order valence-electron chi connectivity index (χ4n) is 1.72. The summed E-state index contributed by atoms with van der Waals surface area (Å²) >= 11 is 5.74. The lowest BCUT2D eigenvalue weighted by Gasteiger charge is -2.19. The molecule has 1 atom stereocenters. The summed E-state index contributed by atoms with van der Waals surface area (Å²) in [5, 5.41) is 3.27. The predicted octanol–water partition coefficient (Wildman–Crippen LogP) is 3.43. The van der Waals surface area contributed by atoms with Crippen LogP contribution in [0.3, 0.4) is 0 Å². The van der Waals surface area contributed by atoms with Gasteiger partial charge in [0.1, 0.15) is 0 Å². The summed E-state index contributed by atoms with van der Waals surface area (Å²) in [6, 6.07) is 5.73. The molecule has 1 aromatic carbocycles. The van der Waals surface area contributed by atoms with E-state index in [9.17, 15) is 8.78 Å². The van der Waals surface area contributed by atoms with Crippen molar-refractivity contribution in [2.24, 2.45) is 0 Å². The molecule has 1 nitrogen and oxygen atoms in total. The number of halogens is 4. The van der Waals surface area contributed by atoms with Gasteiger partial charge in [0.25, 0.3) is 5.92 Å². The van der Waals surface area contributed by atoms with Crippen LogP contribution in [-0.2, 0) is 0 Å². The molecule has 5 heteroatoms. The van der Waals surface area contributed by atoms with E-state index in [-0.39, 0.29) is 18.8 Å². The van der Waals surface area contributed by atoms with E-state index in [1.54, 1.807) is 24.3 Å². The topological polar surface area (TPSA) is 12.0 Å². The van der Waals surface area contributed by atoms with Crippen LogP contribution >= 0.6 is 24.0 Å². The number of hydrogen-bond donors (Lipinski definition) is 1. The highest BCUT2D eigenvalue weighted by Gasteiger charge is 2.44. The first-order chi connectivity index (χ1) is 6.59. The SMILES string of the molecule is Cl.FC1(F)CCNC1c1cccc(Cl)c1. The Morgan fingerprint density at radius 1 is 1.40 bits per heavy atom. The van der Waals surface area contributed by atoms with Gasteiger partial charge in [0.05, 0.1) is 6.04 Å². The maximum Gasteiger partial charge on any atom is 0.268 e. The third-order valence-corrected chi connectivity index (χ3v) is 2.65. The van der Waals surface area contributed by atoms with Gasteiger partial charge in [-0.2, -0.15) is 0 Å². The van der Waals surface area contributed by atoms with E-state index >= 15 is 0 Å². The minimum Gasteiger partial charge on any atom is -0.305 e. The predicted molar refractivity (Wildman–Crippen MR) is 59.0 cm³/mol. The molecule has 1 saturated heterocycles. The quantitative estimate of drug-likeness (QED) is 0.809. The highest BCUT2D eigenvalue weighted by atomic mass is 35.5. The summed E-state index contributed by atoms with van der Waals surface area (Å²) < 4.78 is 26.6. The van der Waals surface area contributed by atoms with E-state index in [1.165, 1.54) is 0 Å². The van der Waals surface area contributed by atoms with Gasteiger partial charge in [-0.15, -0.1) is 12.4 Å². The maximum atomic E-state index is 13.3. The Hall–Kier alpha value is -0.380. The summed E-state index contributed by atoms with van der Waals surface area (Å²) in [6.45, 7) is 0.351. The normalized spacial score (nSPS) is 23.5. The number of benzene rings is 1. The van der Waals surface area contributed by atoms with Crippen LogP contribution in [0.5, 0.6) is 0 Å². The molecule has 15 heavy (non-hydrogen) atoms. The van der Waals surface area contributed by atoms with Gasteiger partial charge in [0, 0.05) is 18.0 Å². The van der Waals surface area contributed by atoms with Crippen LogP contribution in [0.25, 0.3) is 0 Å². The molecule has 84 valence electrons. The molecular weight excluding hydrogens is 243 g/mol. The highest BCUT2D eigenvalue weighted by molar-refractivity contribution is 6.30. The maximum absolute atomic E-state index is 13.3. The molecule has 1 unspecified atom stereocenters. The van der Waals surface area contributed by atoms with Crippen molar-refractivity contribution in [1.82, 2.24) is 5.32 Å². The lowest BCUT2D eigenvalue weighted by molar-refractivity contribution is -0.0116. The molecule has 0 spiro atoms. The molecule has 1 fully saturated rings. The lowest BCUT2D eigenvalue weighted by Crippen LogP contribution is -2.26. The van der Waals surface area contributed by atoms with E-state index in [4.69, 9.17) is 11.6 Å². The summed E-state index contributed by atoms with van der Waals surface area (Å²) in [7, 11) is 0. The number of nitrogens with one attached hydrogen (secondary N) is 1. The van der Waals surface area contributed by atoms with Crippen molar-refractivity contribution in [3.05, 3.63) is 34.9 Å². The molecule has 1 N–H and O–H groups in total. The third-order valence-electron chi connectivity index (χ3n) is 2.41. The molecular formula is C10H11Cl2F2N. The van der Waals surface area contributed by atoms with Gasteiger partial charge in [0.15, 0.2) is 0 Å². The molecule has 0 bridgehead atoms. The molecule has 0 amide bonds. The highest BCUT2D eigenvalue weighted by Crippen LogP contribution is 2.38. The molecule has 1 aromatic rings. The van der Waals surface area contributed by atoms with Crippen LogP contribution in [-0.4, -0.2) is 12.5 Å². The average molecular weight is 254 g/mol. The van der Waals surface area contributed by atoms with Crippen molar-refractivity contribution >= 4 is 24.0 Å². The fraction of sp³-hybridized carbons (Fsp3) is 0.400. The second-order valence-electron chi connectivity index (χ2n) is 3.45. The largest absolute Gasteiger partial charge is 0.305 e. The number of hydrogen-bond acceptors (Lipinski definition) is 1. The Balaban J connectivity index is 0.00000112. The Morgan fingerprint density at radius 3 is 2.67 bits per heavy atom. The minimum atomic E-state index is -2.66. The first kappa shape index (κ1) is 12.7. The van der Waals surface area contributed by atoms with Crippen LogP contribution in [0, 0.1) is 0 Å². The first-order valence-electron chi connectivity index (χ1n) is 4.46. The zero-order valence-corrected chi connectivity index (χ0v) is 9.42. The lowest BCUT2D eigenvalue weighted by atomic mass is 10.0. The van der Waals surface area contributed by atoms with Crippen LogP contribution in [0.15, 0.2) is 24.3 Å². The standard InChI is InChI=1S/C10H10ClF2N.ClH/c11-8-3-1-2-7(6-8)9-10(12,13)4-5-14-9;/h1-3,6,9,14H,4-5H2;1H. The zero-order valence-electron chi connectivity index (χ0n) is 7.84. The molecule has 1 heterocycles. The monoisotopic (exact) mass is 253 g/mol. The van der Waals surface area contributed by atoms with Crippen molar-refractivity contribution < 1.29 is 8.78 Å². The van der Waals surface area contributed by atoms with Crippen LogP contribution in [0.1, 0.15) is 18.0 Å². The summed E-state index contributed by atoms with van der Waals surface area (Å²) in [4.78, 5) is 0. The number of alkyl halides is 2. The summed E-state index contributed by atoms with van der Waals surface area (Å²) in [5.74, 6) is -2.66. The van der Waals surface area contributed by atoms with Gasteiger partial charge < -0.3 is 5.32 Å². The Bertz CT molecular complexity index is 344. The van der Waals surface area contributed by atoms with Gasteiger partial charge in [-0.1, -0.05) is 23.7 Å². The fourth-order valence-corrected chi connectivity index (χ4v) is 1.92. The third kappa shape index (κ3) is 2.60. The van der Waals surface area contributed by atoms with Crippen molar-refractivity contribution in [2.45, 2.75) is 18.4 Å². The van der Waals surface area contributed by atoms with E-state index < -0.39 is 12.0 Å². The molecule has 0 radical (unpaired) electrons. The van der Waals surface area contributed by atoms with Crippen LogP contribution in [0.4, 0.5) is 8.78 Å². The zero-order chi connectivity index (χ0) is 10.2. The van der Waals surface area contributed by atoms with Gasteiger partial charge in [-0.3, -0.25) is 0 Å². The Kier molecular flexibility index (Phi) is 3.93. The molecule has 0 saturated carbocycles. The van der Waals surface area contributed by atoms with Gasteiger partial charge >= 0.3 is 0 Å². The van der Waals surface area contributed by atoms with Gasteiger partial charge in [-0.05, 0) is 17.7 Å². The van der Waals surface area contributed by atoms with Crippen molar-refractivity contribution in [3.8, 4) is 0 Å². The van der Waals surface area contributed by atoms with E-state index in [2.05, 4.69) is 5.32 Å². The Labute approximate surface area is 98.2 Å². The Morgan fingerprint density at radius 2 is 2.13 bits per heavy atom. The van der Waals surface area contributed by atoms with Crippen LogP contribution < -0.4 is 5.32 Å². The van der Waals surface area contributed by atoms with E-state index in [0.29, 0.717) is 17.1 Å². The van der Waals surface area contributed by atoms with Crippen molar-refractivity contribution in [2.75, 3.05) is 6.54 Å². The molecule has 1 aliphatic rings. The van der Waals surface area contributed by atoms with Crippen molar-refractivity contribution in [3.63, 3.8) is 0 Å². The second kappa shape index (κ2) is 4.64. The summed E-state index contributed by atoms with van der Waals surface area (Å²) in [6.07, 6.45) is -0.107. The minimum absolute atomic E-state index is 0. The molecule has 2 rings (SSSR count). The average Bonchev–Trinajstić information content (AvgIpc) is 2.45. The van der Waals surface area contributed by atoms with E-state index in [1.807, 2.05) is 0 Å².